The minimum atomic E-state index is 0.0417. The van der Waals surface area contributed by atoms with E-state index in [1.165, 1.54) is 0 Å². The lowest BCUT2D eigenvalue weighted by molar-refractivity contribution is 0.318. The van der Waals surface area contributed by atoms with Gasteiger partial charge in [-0.2, -0.15) is 0 Å². The van der Waals surface area contributed by atoms with Crippen LogP contribution in [0.25, 0.3) is 0 Å². The zero-order valence-electron chi connectivity index (χ0n) is 3.62. The zero-order valence-corrected chi connectivity index (χ0v) is 8.20. The number of hydrogen-bond acceptors (Lipinski definition) is 1. The molecule has 0 bridgehead atoms. The van der Waals surface area contributed by atoms with Crippen molar-refractivity contribution in [3.8, 4) is 0 Å². The van der Waals surface area contributed by atoms with Crippen LogP contribution in [0, 0.1) is 0 Å². The number of halogens is 2. The van der Waals surface area contributed by atoms with Gasteiger partial charge in [-0.3, -0.25) is 25.8 Å². The summed E-state index contributed by atoms with van der Waals surface area (Å²) in [7, 11) is 0. The second kappa shape index (κ2) is 15.9. The molecule has 0 rings (SSSR count). The molecule has 1 N–H and O–H groups in total. The van der Waals surface area contributed by atoms with Crippen LogP contribution in [0.4, 0.5) is 0 Å². The summed E-state index contributed by atoms with van der Waals surface area (Å²) in [5.41, 5.74) is 0. The fraction of sp³-hybridized carbons (Fsp3) is 1.00. The van der Waals surface area contributed by atoms with Crippen molar-refractivity contribution < 1.29 is 5.11 Å². The lowest BCUT2D eigenvalue weighted by atomic mass is 10.9. The van der Waals surface area contributed by atoms with Gasteiger partial charge in [0.1, 0.15) is 0 Å². The molecule has 0 aliphatic rings. The first-order valence-corrected chi connectivity index (χ1v) is 9.36. The maximum atomic E-state index is 7.57. The van der Waals surface area contributed by atoms with Crippen LogP contribution >= 0.6 is 25.8 Å². The van der Waals surface area contributed by atoms with Crippen LogP contribution in [0.2, 0.25) is 0 Å². The summed E-state index contributed by atoms with van der Waals surface area (Å²) >= 11 is 6.44. The van der Waals surface area contributed by atoms with Gasteiger partial charge >= 0.3 is 16.0 Å². The fourth-order valence-corrected chi connectivity index (χ4v) is 0. The van der Waals surface area contributed by atoms with Crippen molar-refractivity contribution in [3.05, 3.63) is 0 Å². The Morgan fingerprint density at radius 2 is 1.67 bits per heavy atom. The normalized spacial score (nSPS) is 4.67. The standard InChI is InChI=1S/C2H6O.2BrH.Mg/c1-2-3;;;/h3H,2H2,1H3;2*1H;/q;;;+2/p-2. The zero-order chi connectivity index (χ0) is 5.41. The third-order valence-electron chi connectivity index (χ3n) is 0. The Bertz CT molecular complexity index is 13.5. The SMILES string of the molecule is CCO.[Br][Mg][Br]. The molecule has 0 aliphatic heterocycles. The molecule has 0 heterocycles. The van der Waals surface area contributed by atoms with Gasteiger partial charge in [0.25, 0.3) is 0 Å². The van der Waals surface area contributed by atoms with Crippen molar-refractivity contribution in [1.29, 1.82) is 0 Å². The molecule has 0 spiro atoms. The van der Waals surface area contributed by atoms with Crippen LogP contribution in [0.5, 0.6) is 0 Å². The molecule has 0 aliphatic carbocycles. The highest BCUT2D eigenvalue weighted by molar-refractivity contribution is 9.47. The molecule has 0 atom stereocenters. The van der Waals surface area contributed by atoms with Crippen LogP contribution in [-0.4, -0.2) is 27.7 Å². The van der Waals surface area contributed by atoms with E-state index >= 15 is 0 Å². The summed E-state index contributed by atoms with van der Waals surface area (Å²) in [5, 5.41) is 7.57. The summed E-state index contributed by atoms with van der Waals surface area (Å²) in [5.74, 6) is 0. The number of aliphatic hydroxyl groups excluding tert-OH is 1. The van der Waals surface area contributed by atoms with Crippen LogP contribution < -0.4 is 0 Å². The van der Waals surface area contributed by atoms with Crippen molar-refractivity contribution in [1.82, 2.24) is 0 Å². The van der Waals surface area contributed by atoms with Crippen molar-refractivity contribution in [2.75, 3.05) is 6.61 Å². The lowest BCUT2D eigenvalue weighted by Gasteiger charge is -1.52. The maximum absolute atomic E-state index is 7.57. The monoisotopic (exact) mass is 228 g/mol. The van der Waals surface area contributed by atoms with E-state index in [1.54, 1.807) is 6.92 Å². The summed E-state index contributed by atoms with van der Waals surface area (Å²) < 4.78 is 0. The Kier molecular flexibility index (Phi) is 28.2. The predicted octanol–water partition coefficient (Wildman–Crippen LogP) is 1.31. The number of rotatable bonds is 0. The summed E-state index contributed by atoms with van der Waals surface area (Å²) in [4.78, 5) is 0. The average Bonchev–Trinajstić information content (AvgIpc) is 1.39. The van der Waals surface area contributed by atoms with Crippen molar-refractivity contribution in [3.63, 3.8) is 0 Å². The van der Waals surface area contributed by atoms with Crippen molar-refractivity contribution >= 4 is 41.8 Å². The van der Waals surface area contributed by atoms with Gasteiger partial charge in [-0.1, -0.05) is 0 Å². The molecule has 4 heteroatoms. The van der Waals surface area contributed by atoms with Crippen molar-refractivity contribution in [2.24, 2.45) is 0 Å². The smallest absolute Gasteiger partial charge is 0.397 e. The molecule has 1 nitrogen and oxygen atoms in total. The van der Waals surface area contributed by atoms with Crippen LogP contribution in [-0.2, 0) is 0 Å². The van der Waals surface area contributed by atoms with E-state index in [1.807, 2.05) is 0 Å². The molecule has 0 amide bonds. The average molecular weight is 230 g/mol. The number of hydrogen-bond donors (Lipinski definition) is 1. The molecule has 0 saturated carbocycles. The molecule has 0 saturated heterocycles. The first kappa shape index (κ1) is 10.6. The molecule has 0 aromatic rings. The first-order chi connectivity index (χ1) is 2.83. The van der Waals surface area contributed by atoms with Crippen LogP contribution in [0.15, 0.2) is 0 Å². The highest BCUT2D eigenvalue weighted by Crippen LogP contribution is 1.77. The first-order valence-electron chi connectivity index (χ1n) is 1.56. The quantitative estimate of drug-likeness (QED) is 0.622. The third kappa shape index (κ3) is 43.9. The van der Waals surface area contributed by atoms with Gasteiger partial charge < -0.3 is 5.11 Å². The van der Waals surface area contributed by atoms with Crippen LogP contribution in [0.3, 0.4) is 0 Å². The lowest BCUT2D eigenvalue weighted by Crippen LogP contribution is -1.57. The van der Waals surface area contributed by atoms with Crippen LogP contribution in [0.1, 0.15) is 6.92 Å². The number of aliphatic hydroxyl groups is 1. The van der Waals surface area contributed by atoms with E-state index in [9.17, 15) is 0 Å². The molecule has 0 unspecified atom stereocenters. The minimum absolute atomic E-state index is 0.0417. The second-order valence-electron chi connectivity index (χ2n) is 0.417. The maximum Gasteiger partial charge on any atom is 0.560 e. The van der Waals surface area contributed by atoms with Gasteiger partial charge in [0.2, 0.25) is 0 Å². The molecule has 0 radical (unpaired) electrons. The summed E-state index contributed by atoms with van der Waals surface area (Å²) in [6.07, 6.45) is 0. The molecule has 0 fully saturated rings. The molecular weight excluding hydrogens is 224 g/mol. The molecule has 36 valence electrons. The van der Waals surface area contributed by atoms with E-state index < -0.39 is 0 Å². The van der Waals surface area contributed by atoms with Gasteiger partial charge in [-0.25, -0.2) is 0 Å². The van der Waals surface area contributed by atoms with E-state index in [0.717, 1.165) is 0 Å². The second-order valence-corrected chi connectivity index (χ2v) is 8.50. The molecule has 0 aromatic carbocycles. The van der Waals surface area contributed by atoms with Gasteiger partial charge in [-0.05, 0) is 6.92 Å². The minimum Gasteiger partial charge on any atom is -0.397 e. The van der Waals surface area contributed by atoms with E-state index in [-0.39, 0.29) is 22.6 Å². The summed E-state index contributed by atoms with van der Waals surface area (Å²) in [6.45, 7) is 1.93. The predicted molar refractivity (Wildman–Crippen MR) is 36.4 cm³/mol. The topological polar surface area (TPSA) is 20.2 Å². The van der Waals surface area contributed by atoms with Gasteiger partial charge in [-0.15, -0.1) is 0 Å². The highest BCUT2D eigenvalue weighted by atomic mass is 79.9. The van der Waals surface area contributed by atoms with Crippen molar-refractivity contribution in [2.45, 2.75) is 6.92 Å². The third-order valence-corrected chi connectivity index (χ3v) is 0. The van der Waals surface area contributed by atoms with Gasteiger partial charge in [0.15, 0.2) is 0 Å². The molecular formula is C2H6Br2MgO. The van der Waals surface area contributed by atoms with E-state index in [0.29, 0.717) is 0 Å². The van der Waals surface area contributed by atoms with E-state index in [2.05, 4.69) is 25.8 Å². The fourth-order valence-electron chi connectivity index (χ4n) is 0. The Hall–Kier alpha value is 1.69. The largest absolute Gasteiger partial charge is 0.560 e. The highest BCUT2D eigenvalue weighted by Gasteiger charge is 1.62. The molecule has 6 heavy (non-hydrogen) atoms. The Labute approximate surface area is 60.0 Å². The Morgan fingerprint density at radius 3 is 1.67 bits per heavy atom. The van der Waals surface area contributed by atoms with E-state index in [4.69, 9.17) is 5.11 Å². The Morgan fingerprint density at radius 1 is 1.67 bits per heavy atom. The van der Waals surface area contributed by atoms with Gasteiger partial charge in [0, 0.05) is 6.61 Å². The van der Waals surface area contributed by atoms with Gasteiger partial charge in [0.05, 0.1) is 0 Å². The summed E-state index contributed by atoms with van der Waals surface area (Å²) in [6, 6.07) is 0. The Balaban J connectivity index is 0. The molecule has 0 aromatic heterocycles.